The molecule has 9 nitrogen and oxygen atoms in total. The smallest absolute Gasteiger partial charge is 0.352 e. The van der Waals surface area contributed by atoms with Crippen molar-refractivity contribution in [2.24, 2.45) is 0 Å². The van der Waals surface area contributed by atoms with Gasteiger partial charge in [-0.3, -0.25) is 10.1 Å². The monoisotopic (exact) mass is 271 g/mol. The van der Waals surface area contributed by atoms with Crippen molar-refractivity contribution in [3.8, 4) is 0 Å². The highest BCUT2D eigenvalue weighted by Crippen LogP contribution is 2.25. The van der Waals surface area contributed by atoms with Crippen LogP contribution in [0, 0.1) is 10.1 Å². The third-order valence-corrected chi connectivity index (χ3v) is 2.22. The maximum absolute atomic E-state index is 10.8. The van der Waals surface area contributed by atoms with Crippen molar-refractivity contribution in [1.29, 1.82) is 0 Å². The first-order chi connectivity index (χ1) is 9.16. The van der Waals surface area contributed by atoms with Gasteiger partial charge in [0.25, 0.3) is 0 Å². The summed E-state index contributed by atoms with van der Waals surface area (Å²) < 4.78 is 10.1. The molecule has 0 aliphatic heterocycles. The van der Waals surface area contributed by atoms with Crippen molar-refractivity contribution in [3.63, 3.8) is 0 Å². The van der Waals surface area contributed by atoms with Gasteiger partial charge in [-0.25, -0.2) is 9.97 Å². The van der Waals surface area contributed by atoms with E-state index in [1.807, 2.05) is 0 Å². The molecular weight excluding hydrogens is 254 g/mol. The van der Waals surface area contributed by atoms with Gasteiger partial charge in [0.1, 0.15) is 6.33 Å². The van der Waals surface area contributed by atoms with Crippen LogP contribution in [0.15, 0.2) is 6.33 Å². The number of nitrogen functional groups attached to an aromatic ring is 1. The van der Waals surface area contributed by atoms with Crippen molar-refractivity contribution in [2.75, 3.05) is 44.5 Å². The Morgan fingerprint density at radius 1 is 1.42 bits per heavy atom. The minimum atomic E-state index is -0.604. The van der Waals surface area contributed by atoms with Crippen LogP contribution in [-0.4, -0.2) is 48.4 Å². The lowest BCUT2D eigenvalue weighted by molar-refractivity contribution is -0.383. The molecule has 0 radical (unpaired) electrons. The minimum Gasteiger partial charge on any atom is -0.382 e. The van der Waals surface area contributed by atoms with E-state index in [9.17, 15) is 10.1 Å². The normalized spacial score (nSPS) is 10.4. The Morgan fingerprint density at radius 3 is 2.89 bits per heavy atom. The molecule has 0 saturated heterocycles. The lowest BCUT2D eigenvalue weighted by Gasteiger charge is -2.07. The highest BCUT2D eigenvalue weighted by atomic mass is 16.6. The van der Waals surface area contributed by atoms with Crippen LogP contribution < -0.4 is 11.1 Å². The number of hydrogen-bond acceptors (Lipinski definition) is 8. The fourth-order valence-electron chi connectivity index (χ4n) is 1.33. The van der Waals surface area contributed by atoms with Gasteiger partial charge in [-0.2, -0.15) is 0 Å². The molecule has 0 fully saturated rings. The number of aromatic nitrogens is 2. The second kappa shape index (κ2) is 8.16. The SMILES string of the molecule is COCCOCCCNc1ncnc(N)c1[N+](=O)[O-]. The van der Waals surface area contributed by atoms with Crippen LogP contribution in [0.2, 0.25) is 0 Å². The van der Waals surface area contributed by atoms with Crippen molar-refractivity contribution >= 4 is 17.3 Å². The lowest BCUT2D eigenvalue weighted by Crippen LogP contribution is -2.11. The number of ether oxygens (including phenoxy) is 2. The molecule has 0 bridgehead atoms. The maximum Gasteiger partial charge on any atom is 0.352 e. The summed E-state index contributed by atoms with van der Waals surface area (Å²) in [6.07, 6.45) is 1.87. The Labute approximate surface area is 110 Å². The van der Waals surface area contributed by atoms with Crippen LogP contribution >= 0.6 is 0 Å². The molecule has 1 aromatic heterocycles. The summed E-state index contributed by atoms with van der Waals surface area (Å²) in [7, 11) is 1.60. The molecule has 0 unspecified atom stereocenters. The predicted molar refractivity (Wildman–Crippen MR) is 68.9 cm³/mol. The molecule has 0 atom stereocenters. The van der Waals surface area contributed by atoms with E-state index in [2.05, 4.69) is 15.3 Å². The molecule has 0 aromatic carbocycles. The number of nitrogens with zero attached hydrogens (tertiary/aromatic N) is 3. The number of nitro groups is 1. The first kappa shape index (κ1) is 15.1. The molecule has 0 aliphatic carbocycles. The van der Waals surface area contributed by atoms with Crippen molar-refractivity contribution in [1.82, 2.24) is 9.97 Å². The summed E-state index contributed by atoms with van der Waals surface area (Å²) in [5, 5.41) is 13.7. The molecule has 1 rings (SSSR count). The van der Waals surface area contributed by atoms with E-state index in [0.29, 0.717) is 32.8 Å². The van der Waals surface area contributed by atoms with Crippen molar-refractivity contribution in [2.45, 2.75) is 6.42 Å². The molecule has 9 heteroatoms. The summed E-state index contributed by atoms with van der Waals surface area (Å²) >= 11 is 0. The zero-order chi connectivity index (χ0) is 14.1. The van der Waals surface area contributed by atoms with E-state index in [-0.39, 0.29) is 17.3 Å². The van der Waals surface area contributed by atoms with Gasteiger partial charge < -0.3 is 20.5 Å². The van der Waals surface area contributed by atoms with Gasteiger partial charge >= 0.3 is 5.69 Å². The Kier molecular flexibility index (Phi) is 6.47. The van der Waals surface area contributed by atoms with Crippen molar-refractivity contribution < 1.29 is 14.4 Å². The molecule has 1 heterocycles. The fourth-order valence-corrected chi connectivity index (χ4v) is 1.33. The Morgan fingerprint density at radius 2 is 2.21 bits per heavy atom. The fraction of sp³-hybridized carbons (Fsp3) is 0.600. The Hall–Kier alpha value is -2.00. The minimum absolute atomic E-state index is 0.120. The average Bonchev–Trinajstić information content (AvgIpc) is 2.37. The number of rotatable bonds is 9. The molecule has 3 N–H and O–H groups in total. The van der Waals surface area contributed by atoms with Crippen LogP contribution in [0.25, 0.3) is 0 Å². The van der Waals surface area contributed by atoms with Gasteiger partial charge in [-0.15, -0.1) is 0 Å². The summed E-state index contributed by atoms with van der Waals surface area (Å²) in [6.45, 7) is 2.09. The van der Waals surface area contributed by atoms with Gasteiger partial charge in [-0.05, 0) is 6.42 Å². The Balaban J connectivity index is 2.37. The van der Waals surface area contributed by atoms with Gasteiger partial charge in [0.15, 0.2) is 0 Å². The molecule has 0 aliphatic rings. The van der Waals surface area contributed by atoms with Crippen LogP contribution in [0.4, 0.5) is 17.3 Å². The number of nitrogens with one attached hydrogen (secondary N) is 1. The van der Waals surface area contributed by atoms with Gasteiger partial charge in [0.05, 0.1) is 18.1 Å². The van der Waals surface area contributed by atoms with E-state index in [0.717, 1.165) is 0 Å². The van der Waals surface area contributed by atoms with Crippen LogP contribution in [0.5, 0.6) is 0 Å². The highest BCUT2D eigenvalue weighted by Gasteiger charge is 2.20. The Bertz CT molecular complexity index is 415. The van der Waals surface area contributed by atoms with E-state index in [4.69, 9.17) is 15.2 Å². The molecule has 0 spiro atoms. The maximum atomic E-state index is 10.8. The molecule has 106 valence electrons. The zero-order valence-electron chi connectivity index (χ0n) is 10.7. The third-order valence-electron chi connectivity index (χ3n) is 2.22. The zero-order valence-corrected chi connectivity index (χ0v) is 10.7. The average molecular weight is 271 g/mol. The number of nitrogens with two attached hydrogens (primary N) is 1. The molecule has 1 aromatic rings. The van der Waals surface area contributed by atoms with Crippen LogP contribution in [-0.2, 0) is 9.47 Å². The number of anilines is 2. The van der Waals surface area contributed by atoms with Gasteiger partial charge in [0.2, 0.25) is 11.6 Å². The lowest BCUT2D eigenvalue weighted by atomic mass is 10.4. The highest BCUT2D eigenvalue weighted by molar-refractivity contribution is 5.67. The summed E-state index contributed by atoms with van der Waals surface area (Å²) in [5.74, 6) is -0.0340. The second-order valence-electron chi connectivity index (χ2n) is 3.60. The van der Waals surface area contributed by atoms with E-state index in [1.165, 1.54) is 6.33 Å². The van der Waals surface area contributed by atoms with Crippen LogP contribution in [0.1, 0.15) is 6.42 Å². The first-order valence-corrected chi connectivity index (χ1v) is 5.72. The standard InChI is InChI=1S/C10H17N5O4/c1-18-5-6-19-4-2-3-12-10-8(15(16)17)9(11)13-7-14-10/h7H,2-6H2,1H3,(H3,11,12,13,14). The quantitative estimate of drug-likeness (QED) is 0.376. The van der Waals surface area contributed by atoms with E-state index in [1.54, 1.807) is 7.11 Å². The third kappa shape index (κ3) is 5.02. The first-order valence-electron chi connectivity index (χ1n) is 5.72. The number of methoxy groups -OCH3 is 1. The summed E-state index contributed by atoms with van der Waals surface area (Å²) in [5.41, 5.74) is 5.13. The van der Waals surface area contributed by atoms with E-state index >= 15 is 0 Å². The number of hydrogen-bond donors (Lipinski definition) is 2. The molecular formula is C10H17N5O4. The molecule has 19 heavy (non-hydrogen) atoms. The summed E-state index contributed by atoms with van der Waals surface area (Å²) in [6, 6.07) is 0. The summed E-state index contributed by atoms with van der Waals surface area (Å²) in [4.78, 5) is 17.6. The molecule has 0 amide bonds. The second-order valence-corrected chi connectivity index (χ2v) is 3.60. The topological polar surface area (TPSA) is 125 Å². The predicted octanol–water partition coefficient (Wildman–Crippen LogP) is 0.432. The van der Waals surface area contributed by atoms with Gasteiger partial charge in [-0.1, -0.05) is 0 Å². The van der Waals surface area contributed by atoms with E-state index < -0.39 is 4.92 Å². The van der Waals surface area contributed by atoms with Gasteiger partial charge in [0, 0.05) is 20.3 Å². The van der Waals surface area contributed by atoms with Crippen LogP contribution in [0.3, 0.4) is 0 Å². The molecule has 0 saturated carbocycles. The largest absolute Gasteiger partial charge is 0.382 e. The van der Waals surface area contributed by atoms with Crippen molar-refractivity contribution in [3.05, 3.63) is 16.4 Å².